The van der Waals surface area contributed by atoms with Crippen molar-refractivity contribution in [3.8, 4) is 5.75 Å². The molecule has 0 bridgehead atoms. The van der Waals surface area contributed by atoms with Gasteiger partial charge >= 0.3 is 0 Å². The van der Waals surface area contributed by atoms with Crippen LogP contribution in [0.25, 0.3) is 0 Å². The van der Waals surface area contributed by atoms with Gasteiger partial charge in [-0.15, -0.1) is 0 Å². The number of aromatic nitrogens is 1. The lowest BCUT2D eigenvalue weighted by atomic mass is 10.1. The number of benzene rings is 1. The molecule has 0 radical (unpaired) electrons. The van der Waals surface area contributed by atoms with Gasteiger partial charge in [0.25, 0.3) is 0 Å². The number of carbonyl (C=O) groups is 1. The molecule has 1 heterocycles. The zero-order chi connectivity index (χ0) is 12.1. The molecule has 0 aliphatic rings. The third-order valence-electron chi connectivity index (χ3n) is 2.21. The van der Waals surface area contributed by atoms with E-state index in [1.807, 2.05) is 0 Å². The third-order valence-corrected chi connectivity index (χ3v) is 2.21. The first-order valence-corrected chi connectivity index (χ1v) is 5.23. The molecular weight excluding hydrogens is 216 g/mol. The van der Waals surface area contributed by atoms with Gasteiger partial charge in [0, 0.05) is 6.20 Å². The number of nitrogens with one attached hydrogen (secondary N) is 1. The van der Waals surface area contributed by atoms with E-state index in [2.05, 4.69) is 10.3 Å². The van der Waals surface area contributed by atoms with Gasteiger partial charge in [0.1, 0.15) is 11.6 Å². The summed E-state index contributed by atoms with van der Waals surface area (Å²) in [6.07, 6.45) is 1.83. The van der Waals surface area contributed by atoms with Gasteiger partial charge in [-0.1, -0.05) is 18.2 Å². The average Bonchev–Trinajstić information content (AvgIpc) is 2.30. The molecule has 2 rings (SSSR count). The molecular formula is C13H12N2O2. The number of rotatable bonds is 3. The van der Waals surface area contributed by atoms with E-state index in [1.54, 1.807) is 48.7 Å². The molecule has 0 saturated carbocycles. The Balaban J connectivity index is 1.98. The third kappa shape index (κ3) is 3.31. The molecule has 86 valence electrons. The van der Waals surface area contributed by atoms with Crippen LogP contribution >= 0.6 is 0 Å². The lowest BCUT2D eigenvalue weighted by Crippen LogP contribution is -2.15. The van der Waals surface area contributed by atoms with Gasteiger partial charge in [0.2, 0.25) is 5.91 Å². The van der Waals surface area contributed by atoms with E-state index in [-0.39, 0.29) is 18.1 Å². The van der Waals surface area contributed by atoms with Crippen molar-refractivity contribution in [1.29, 1.82) is 0 Å². The van der Waals surface area contributed by atoms with Gasteiger partial charge in [-0.2, -0.15) is 0 Å². The number of hydrogen-bond donors (Lipinski definition) is 2. The topological polar surface area (TPSA) is 62.2 Å². The highest BCUT2D eigenvalue weighted by Gasteiger charge is 2.04. The van der Waals surface area contributed by atoms with E-state index in [1.165, 1.54) is 0 Å². The normalized spacial score (nSPS) is 9.88. The number of anilines is 1. The van der Waals surface area contributed by atoms with Gasteiger partial charge in [0.15, 0.2) is 0 Å². The van der Waals surface area contributed by atoms with Crippen LogP contribution in [0.4, 0.5) is 5.82 Å². The monoisotopic (exact) mass is 228 g/mol. The number of aromatic hydroxyl groups is 1. The maximum Gasteiger partial charge on any atom is 0.229 e. The lowest BCUT2D eigenvalue weighted by molar-refractivity contribution is -0.115. The fourth-order valence-electron chi connectivity index (χ4n) is 1.48. The smallest absolute Gasteiger partial charge is 0.229 e. The zero-order valence-corrected chi connectivity index (χ0v) is 9.13. The predicted molar refractivity (Wildman–Crippen MR) is 64.7 cm³/mol. The Kier molecular flexibility index (Phi) is 3.35. The standard InChI is InChI=1S/C13H12N2O2/c16-11-5-3-4-10(8-11)9-13(17)15-12-6-1-2-7-14-12/h1-8,16H,9H2,(H,14,15,17). The van der Waals surface area contributed by atoms with Crippen molar-refractivity contribution in [3.05, 3.63) is 54.2 Å². The van der Waals surface area contributed by atoms with Crippen LogP contribution in [-0.4, -0.2) is 16.0 Å². The molecule has 0 aliphatic heterocycles. The van der Waals surface area contributed by atoms with Crippen LogP contribution in [0.5, 0.6) is 5.75 Å². The zero-order valence-electron chi connectivity index (χ0n) is 9.13. The van der Waals surface area contributed by atoms with Crippen molar-refractivity contribution in [2.45, 2.75) is 6.42 Å². The quantitative estimate of drug-likeness (QED) is 0.844. The number of amides is 1. The van der Waals surface area contributed by atoms with E-state index < -0.39 is 0 Å². The summed E-state index contributed by atoms with van der Waals surface area (Å²) in [5.74, 6) is 0.528. The second kappa shape index (κ2) is 5.12. The van der Waals surface area contributed by atoms with Gasteiger partial charge in [-0.05, 0) is 29.8 Å². The lowest BCUT2D eigenvalue weighted by Gasteiger charge is -2.04. The minimum Gasteiger partial charge on any atom is -0.508 e. The van der Waals surface area contributed by atoms with E-state index >= 15 is 0 Å². The van der Waals surface area contributed by atoms with Crippen molar-refractivity contribution < 1.29 is 9.90 Å². The fourth-order valence-corrected chi connectivity index (χ4v) is 1.48. The maximum atomic E-state index is 11.7. The summed E-state index contributed by atoms with van der Waals surface area (Å²) in [5.41, 5.74) is 0.762. The molecule has 1 aromatic carbocycles. The second-order valence-corrected chi connectivity index (χ2v) is 3.61. The molecule has 0 fully saturated rings. The Morgan fingerprint density at radius 1 is 1.24 bits per heavy atom. The molecule has 4 nitrogen and oxygen atoms in total. The van der Waals surface area contributed by atoms with Crippen LogP contribution in [0.1, 0.15) is 5.56 Å². The molecule has 4 heteroatoms. The van der Waals surface area contributed by atoms with Gasteiger partial charge in [0.05, 0.1) is 6.42 Å². The first-order chi connectivity index (χ1) is 8.24. The van der Waals surface area contributed by atoms with Crippen LogP contribution in [0.3, 0.4) is 0 Å². The first kappa shape index (κ1) is 11.1. The van der Waals surface area contributed by atoms with E-state index in [0.29, 0.717) is 5.82 Å². The Morgan fingerprint density at radius 2 is 2.12 bits per heavy atom. The summed E-state index contributed by atoms with van der Waals surface area (Å²) < 4.78 is 0. The summed E-state index contributed by atoms with van der Waals surface area (Å²) in [6, 6.07) is 11.9. The maximum absolute atomic E-state index is 11.7. The Bertz CT molecular complexity index is 512. The number of pyridine rings is 1. The van der Waals surface area contributed by atoms with Crippen molar-refractivity contribution in [2.24, 2.45) is 0 Å². The molecule has 2 aromatic rings. The molecule has 0 spiro atoms. The Hall–Kier alpha value is -2.36. The van der Waals surface area contributed by atoms with Gasteiger partial charge in [-0.3, -0.25) is 4.79 Å². The van der Waals surface area contributed by atoms with Crippen LogP contribution in [0, 0.1) is 0 Å². The van der Waals surface area contributed by atoms with Crippen molar-refractivity contribution >= 4 is 11.7 Å². The minimum atomic E-state index is -0.158. The molecule has 2 N–H and O–H groups in total. The Morgan fingerprint density at radius 3 is 2.82 bits per heavy atom. The summed E-state index contributed by atoms with van der Waals surface area (Å²) >= 11 is 0. The average molecular weight is 228 g/mol. The summed E-state index contributed by atoms with van der Waals surface area (Å²) in [6.45, 7) is 0. The van der Waals surface area contributed by atoms with Crippen molar-refractivity contribution in [2.75, 3.05) is 5.32 Å². The summed E-state index contributed by atoms with van der Waals surface area (Å²) in [4.78, 5) is 15.7. The van der Waals surface area contributed by atoms with Crippen LogP contribution in [0.15, 0.2) is 48.7 Å². The highest BCUT2D eigenvalue weighted by atomic mass is 16.3. The van der Waals surface area contributed by atoms with Crippen LogP contribution in [0.2, 0.25) is 0 Å². The highest BCUT2D eigenvalue weighted by Crippen LogP contribution is 2.12. The number of phenolic OH excluding ortho intramolecular Hbond substituents is 1. The van der Waals surface area contributed by atoms with Crippen LogP contribution < -0.4 is 5.32 Å². The van der Waals surface area contributed by atoms with Gasteiger partial charge in [-0.25, -0.2) is 4.98 Å². The predicted octanol–water partition coefficient (Wildman–Crippen LogP) is 1.97. The highest BCUT2D eigenvalue weighted by molar-refractivity contribution is 5.91. The molecule has 0 unspecified atom stereocenters. The number of carbonyl (C=O) groups excluding carboxylic acids is 1. The molecule has 0 aliphatic carbocycles. The van der Waals surface area contributed by atoms with E-state index in [0.717, 1.165) is 5.56 Å². The Labute approximate surface area is 98.9 Å². The van der Waals surface area contributed by atoms with E-state index in [9.17, 15) is 9.90 Å². The summed E-state index contributed by atoms with van der Waals surface area (Å²) in [7, 11) is 0. The first-order valence-electron chi connectivity index (χ1n) is 5.23. The van der Waals surface area contributed by atoms with Crippen LogP contribution in [-0.2, 0) is 11.2 Å². The van der Waals surface area contributed by atoms with Crippen molar-refractivity contribution in [1.82, 2.24) is 4.98 Å². The fraction of sp³-hybridized carbons (Fsp3) is 0.0769. The van der Waals surface area contributed by atoms with Crippen molar-refractivity contribution in [3.63, 3.8) is 0 Å². The molecule has 1 amide bonds. The molecule has 1 aromatic heterocycles. The molecule has 0 saturated heterocycles. The molecule has 0 atom stereocenters. The largest absolute Gasteiger partial charge is 0.508 e. The SMILES string of the molecule is O=C(Cc1cccc(O)c1)Nc1ccccn1. The number of nitrogens with zero attached hydrogens (tertiary/aromatic N) is 1. The second-order valence-electron chi connectivity index (χ2n) is 3.61. The summed E-state index contributed by atoms with van der Waals surface area (Å²) in [5, 5.41) is 11.9. The minimum absolute atomic E-state index is 0.158. The number of phenols is 1. The number of hydrogen-bond acceptors (Lipinski definition) is 3. The molecule has 17 heavy (non-hydrogen) atoms. The van der Waals surface area contributed by atoms with E-state index in [4.69, 9.17) is 0 Å². The van der Waals surface area contributed by atoms with Gasteiger partial charge < -0.3 is 10.4 Å².